The Morgan fingerprint density at radius 2 is 1.82 bits per heavy atom. The van der Waals surface area contributed by atoms with Crippen molar-refractivity contribution in [3.63, 3.8) is 0 Å². The third-order valence-corrected chi connectivity index (χ3v) is 6.44. The molecule has 1 fully saturated rings. The molecule has 1 saturated heterocycles. The molecule has 2 N–H and O–H groups in total. The highest BCUT2D eigenvalue weighted by atomic mass is 35.5. The van der Waals surface area contributed by atoms with Gasteiger partial charge in [-0.15, -0.1) is 0 Å². The average molecular weight is 495 g/mol. The van der Waals surface area contributed by atoms with Gasteiger partial charge < -0.3 is 19.9 Å². The Balaban J connectivity index is 1.42. The maximum absolute atomic E-state index is 11.1. The Hall–Kier alpha value is -1.99. The molecule has 0 unspecified atom stereocenters. The van der Waals surface area contributed by atoms with Gasteiger partial charge in [-0.2, -0.15) is 0 Å². The summed E-state index contributed by atoms with van der Waals surface area (Å²) in [5.74, 6) is 1.41. The Bertz CT molecular complexity index is 910. The summed E-state index contributed by atoms with van der Waals surface area (Å²) >= 11 is 12.0. The minimum atomic E-state index is -0.865. The molecule has 2 aromatic carbocycles. The molecule has 1 atom stereocenters. The first kappa shape index (κ1) is 25.6. The molecule has 0 radical (unpaired) electrons. The van der Waals surface area contributed by atoms with Crippen LogP contribution in [0.15, 0.2) is 42.5 Å². The van der Waals surface area contributed by atoms with Crippen LogP contribution in [0.5, 0.6) is 11.5 Å². The van der Waals surface area contributed by atoms with Crippen LogP contribution < -0.4 is 14.8 Å². The predicted octanol–water partition coefficient (Wildman–Crippen LogP) is 4.69. The zero-order chi connectivity index (χ0) is 23.7. The summed E-state index contributed by atoms with van der Waals surface area (Å²) in [4.78, 5) is 13.2. The SMILES string of the molecule is CC(=O)NCCCOc1ccc(CN2CCC[C@@](O)(COc3ccc(Cl)c(Cl)c3)CC2)cc1. The van der Waals surface area contributed by atoms with Gasteiger partial charge in [-0.1, -0.05) is 35.3 Å². The molecule has 3 rings (SSSR count). The lowest BCUT2D eigenvalue weighted by molar-refractivity contribution is -0.118. The van der Waals surface area contributed by atoms with E-state index in [0.717, 1.165) is 38.2 Å². The summed E-state index contributed by atoms with van der Waals surface area (Å²) in [5.41, 5.74) is 0.341. The molecule has 0 aromatic heterocycles. The summed E-state index contributed by atoms with van der Waals surface area (Å²) in [6, 6.07) is 13.2. The fraction of sp³-hybridized carbons (Fsp3) is 0.480. The van der Waals surface area contributed by atoms with E-state index in [0.29, 0.717) is 41.8 Å². The molecule has 1 aliphatic rings. The largest absolute Gasteiger partial charge is 0.494 e. The normalized spacial score (nSPS) is 19.0. The van der Waals surface area contributed by atoms with Gasteiger partial charge in [-0.05, 0) is 62.1 Å². The number of nitrogens with zero attached hydrogens (tertiary/aromatic N) is 1. The zero-order valence-corrected chi connectivity index (χ0v) is 20.5. The molecule has 2 aromatic rings. The third-order valence-electron chi connectivity index (χ3n) is 5.70. The maximum Gasteiger partial charge on any atom is 0.216 e. The number of benzene rings is 2. The quantitative estimate of drug-likeness (QED) is 0.468. The molecule has 6 nitrogen and oxygen atoms in total. The summed E-state index contributed by atoms with van der Waals surface area (Å²) in [5, 5.41) is 14.7. The number of hydrogen-bond acceptors (Lipinski definition) is 5. The minimum absolute atomic E-state index is 0.0229. The van der Waals surface area contributed by atoms with Crippen LogP contribution in [0.2, 0.25) is 10.0 Å². The number of carbonyl (C=O) groups excluding carboxylic acids is 1. The van der Waals surface area contributed by atoms with Crippen molar-refractivity contribution in [2.24, 2.45) is 0 Å². The van der Waals surface area contributed by atoms with Crippen molar-refractivity contribution in [1.29, 1.82) is 0 Å². The molecule has 1 heterocycles. The first-order chi connectivity index (χ1) is 15.8. The lowest BCUT2D eigenvalue weighted by Crippen LogP contribution is -2.37. The topological polar surface area (TPSA) is 71.0 Å². The number of halogens is 2. The van der Waals surface area contributed by atoms with Gasteiger partial charge in [-0.3, -0.25) is 9.69 Å². The Labute approximate surface area is 205 Å². The number of ether oxygens (including phenoxy) is 2. The molecule has 0 aliphatic carbocycles. The van der Waals surface area contributed by atoms with Crippen molar-refractivity contribution >= 4 is 29.1 Å². The van der Waals surface area contributed by atoms with E-state index in [1.165, 1.54) is 12.5 Å². The van der Waals surface area contributed by atoms with Crippen LogP contribution in [0.25, 0.3) is 0 Å². The molecule has 1 aliphatic heterocycles. The van der Waals surface area contributed by atoms with E-state index in [9.17, 15) is 9.90 Å². The standard InChI is InChI=1S/C25H32Cl2N2O4/c1-19(30)28-12-3-15-32-21-6-4-20(5-7-21)17-29-13-2-10-25(31,11-14-29)18-33-22-8-9-23(26)24(27)16-22/h4-9,16,31H,2-3,10-15,17-18H2,1H3,(H,28,30)/t25-/m0/s1. The molecule has 0 saturated carbocycles. The second-order valence-corrected chi connectivity index (χ2v) is 9.36. The van der Waals surface area contributed by atoms with Crippen LogP contribution in [-0.4, -0.2) is 54.4 Å². The summed E-state index contributed by atoms with van der Waals surface area (Å²) in [7, 11) is 0. The van der Waals surface area contributed by atoms with E-state index in [4.69, 9.17) is 32.7 Å². The number of nitrogens with one attached hydrogen (secondary N) is 1. The summed E-state index contributed by atoms with van der Waals surface area (Å²) in [6.07, 6.45) is 3.00. The maximum atomic E-state index is 11.1. The molecule has 180 valence electrons. The molecule has 8 heteroatoms. The number of likely N-dealkylation sites (tertiary alicyclic amines) is 1. The second kappa shape index (κ2) is 12.5. The second-order valence-electron chi connectivity index (χ2n) is 8.55. The van der Waals surface area contributed by atoms with Gasteiger partial charge in [0.2, 0.25) is 5.91 Å². The van der Waals surface area contributed by atoms with Crippen LogP contribution in [0.3, 0.4) is 0 Å². The number of carbonyl (C=O) groups is 1. The van der Waals surface area contributed by atoms with E-state index >= 15 is 0 Å². The van der Waals surface area contributed by atoms with Crippen molar-refractivity contribution in [2.45, 2.75) is 44.8 Å². The van der Waals surface area contributed by atoms with E-state index < -0.39 is 5.60 Å². The highest BCUT2D eigenvalue weighted by molar-refractivity contribution is 6.42. The monoisotopic (exact) mass is 494 g/mol. The Morgan fingerprint density at radius 1 is 1.06 bits per heavy atom. The molecule has 1 amide bonds. The van der Waals surface area contributed by atoms with Crippen LogP contribution in [0.1, 0.15) is 38.2 Å². The highest BCUT2D eigenvalue weighted by Gasteiger charge is 2.31. The molecular formula is C25H32Cl2N2O4. The summed E-state index contributed by atoms with van der Waals surface area (Å²) in [6.45, 7) is 5.47. The van der Waals surface area contributed by atoms with Crippen LogP contribution in [-0.2, 0) is 11.3 Å². The van der Waals surface area contributed by atoms with Gasteiger partial charge in [0, 0.05) is 32.6 Å². The van der Waals surface area contributed by atoms with E-state index in [1.54, 1.807) is 18.2 Å². The predicted molar refractivity (Wildman–Crippen MR) is 131 cm³/mol. The van der Waals surface area contributed by atoms with Gasteiger partial charge in [-0.25, -0.2) is 0 Å². The number of rotatable bonds is 10. The van der Waals surface area contributed by atoms with Gasteiger partial charge >= 0.3 is 0 Å². The smallest absolute Gasteiger partial charge is 0.216 e. The van der Waals surface area contributed by atoms with Crippen LogP contribution in [0.4, 0.5) is 0 Å². The van der Waals surface area contributed by atoms with Crippen molar-refractivity contribution < 1.29 is 19.4 Å². The fourth-order valence-corrected chi connectivity index (χ4v) is 4.09. The van der Waals surface area contributed by atoms with Gasteiger partial charge in [0.15, 0.2) is 0 Å². The first-order valence-corrected chi connectivity index (χ1v) is 12.1. The van der Waals surface area contributed by atoms with Crippen molar-refractivity contribution in [2.75, 3.05) is 32.8 Å². The molecule has 0 bridgehead atoms. The summed E-state index contributed by atoms with van der Waals surface area (Å²) < 4.78 is 11.5. The number of aliphatic hydroxyl groups is 1. The zero-order valence-electron chi connectivity index (χ0n) is 19.0. The van der Waals surface area contributed by atoms with Crippen molar-refractivity contribution in [3.05, 3.63) is 58.1 Å². The molecule has 0 spiro atoms. The number of amides is 1. The highest BCUT2D eigenvalue weighted by Crippen LogP contribution is 2.29. The fourth-order valence-electron chi connectivity index (χ4n) is 3.80. The van der Waals surface area contributed by atoms with E-state index in [2.05, 4.69) is 22.3 Å². The van der Waals surface area contributed by atoms with Crippen LogP contribution in [0, 0.1) is 0 Å². The lowest BCUT2D eigenvalue weighted by atomic mass is 9.96. The van der Waals surface area contributed by atoms with Gasteiger partial charge in [0.1, 0.15) is 18.1 Å². The number of hydrogen-bond donors (Lipinski definition) is 2. The van der Waals surface area contributed by atoms with Crippen LogP contribution >= 0.6 is 23.2 Å². The van der Waals surface area contributed by atoms with Crippen molar-refractivity contribution in [1.82, 2.24) is 10.2 Å². The molecule has 33 heavy (non-hydrogen) atoms. The molecular weight excluding hydrogens is 463 g/mol. The van der Waals surface area contributed by atoms with Gasteiger partial charge in [0.05, 0.1) is 22.3 Å². The van der Waals surface area contributed by atoms with E-state index in [-0.39, 0.29) is 12.5 Å². The average Bonchev–Trinajstić information content (AvgIpc) is 2.97. The minimum Gasteiger partial charge on any atom is -0.494 e. The van der Waals surface area contributed by atoms with E-state index in [1.807, 2.05) is 12.1 Å². The first-order valence-electron chi connectivity index (χ1n) is 11.3. The lowest BCUT2D eigenvalue weighted by Gasteiger charge is -2.27. The Morgan fingerprint density at radius 3 is 2.55 bits per heavy atom. The third kappa shape index (κ3) is 8.70. The van der Waals surface area contributed by atoms with Crippen molar-refractivity contribution in [3.8, 4) is 11.5 Å². The van der Waals surface area contributed by atoms with Gasteiger partial charge in [0.25, 0.3) is 0 Å². The Kier molecular flexibility index (Phi) is 9.68.